The summed E-state index contributed by atoms with van der Waals surface area (Å²) in [7, 11) is 0. The van der Waals surface area contributed by atoms with E-state index in [1.54, 1.807) is 40.7 Å². The maximum absolute atomic E-state index is 11.3. The molecule has 11 heteroatoms. The van der Waals surface area contributed by atoms with E-state index in [0.29, 0.717) is 23.8 Å². The molecule has 5 aromatic heterocycles. The monoisotopic (exact) mass is 484 g/mol. The smallest absolute Gasteiger partial charge is 0.258 e. The number of thiophene rings is 1. The van der Waals surface area contributed by atoms with Gasteiger partial charge in [0.2, 0.25) is 0 Å². The second-order valence-corrected chi connectivity index (χ2v) is 9.62. The van der Waals surface area contributed by atoms with Crippen LogP contribution in [-0.2, 0) is 6.54 Å². The van der Waals surface area contributed by atoms with Crippen molar-refractivity contribution in [2.75, 3.05) is 0 Å². The molecule has 0 aliphatic heterocycles. The molecule has 6 aromatic rings. The van der Waals surface area contributed by atoms with Gasteiger partial charge in [-0.05, 0) is 44.9 Å². The van der Waals surface area contributed by atoms with Crippen LogP contribution in [0.5, 0.6) is 0 Å². The minimum absolute atomic E-state index is 0.0669. The number of aromatic nitrogens is 7. The van der Waals surface area contributed by atoms with Crippen molar-refractivity contribution in [1.29, 1.82) is 0 Å². The maximum Gasteiger partial charge on any atom is 0.312 e. The van der Waals surface area contributed by atoms with E-state index >= 15 is 0 Å². The highest BCUT2D eigenvalue weighted by Gasteiger charge is 2.22. The fourth-order valence-electron chi connectivity index (χ4n) is 4.53. The number of fused-ring (bicyclic) bond motifs is 5. The van der Waals surface area contributed by atoms with Gasteiger partial charge >= 0.3 is 5.69 Å². The van der Waals surface area contributed by atoms with Crippen molar-refractivity contribution in [3.8, 4) is 11.4 Å². The van der Waals surface area contributed by atoms with E-state index in [0.717, 1.165) is 48.5 Å². The van der Waals surface area contributed by atoms with Crippen LogP contribution in [0.3, 0.4) is 0 Å². The van der Waals surface area contributed by atoms with E-state index < -0.39 is 0 Å². The standard InChI is InChI=1S/C24H20N8O2S/c1-12-9-13(2)26-24-18(12)19-21(35-24)23-27-22(29-31(23)11-25-19)17-7-5-16(6-8-17)10-30-15(4)20(32(33)34)14(3)28-30/h5-9,11H,10H2,1-4H3. The van der Waals surface area contributed by atoms with Crippen molar-refractivity contribution in [3.05, 3.63) is 75.0 Å². The predicted octanol–water partition coefficient (Wildman–Crippen LogP) is 4.94. The Labute approximate surface area is 203 Å². The molecule has 174 valence electrons. The molecule has 0 bridgehead atoms. The van der Waals surface area contributed by atoms with Crippen LogP contribution >= 0.6 is 11.3 Å². The van der Waals surface area contributed by atoms with Gasteiger partial charge in [-0.25, -0.2) is 19.5 Å². The zero-order chi connectivity index (χ0) is 24.4. The summed E-state index contributed by atoms with van der Waals surface area (Å²) in [4.78, 5) is 26.0. The van der Waals surface area contributed by atoms with Crippen LogP contribution < -0.4 is 0 Å². The zero-order valence-corrected chi connectivity index (χ0v) is 20.3. The van der Waals surface area contributed by atoms with Crippen molar-refractivity contribution in [1.82, 2.24) is 34.3 Å². The molecular formula is C24H20N8O2S. The maximum atomic E-state index is 11.3. The molecule has 0 unspecified atom stereocenters. The summed E-state index contributed by atoms with van der Waals surface area (Å²) < 4.78 is 4.33. The Morgan fingerprint density at radius 2 is 1.83 bits per heavy atom. The Morgan fingerprint density at radius 3 is 2.54 bits per heavy atom. The Kier molecular flexibility index (Phi) is 4.65. The van der Waals surface area contributed by atoms with Crippen LogP contribution in [0.25, 0.3) is 37.5 Å². The number of hydrogen-bond acceptors (Lipinski definition) is 8. The lowest BCUT2D eigenvalue weighted by Gasteiger charge is -2.04. The molecule has 0 atom stereocenters. The van der Waals surface area contributed by atoms with Crippen molar-refractivity contribution in [3.63, 3.8) is 0 Å². The Bertz CT molecular complexity index is 1800. The van der Waals surface area contributed by atoms with E-state index in [4.69, 9.17) is 4.98 Å². The third kappa shape index (κ3) is 3.35. The number of hydrogen-bond donors (Lipinski definition) is 0. The fourth-order valence-corrected chi connectivity index (χ4v) is 5.75. The predicted molar refractivity (Wildman–Crippen MR) is 134 cm³/mol. The van der Waals surface area contributed by atoms with Gasteiger partial charge in [0.1, 0.15) is 27.2 Å². The number of benzene rings is 1. The van der Waals surface area contributed by atoms with Crippen LogP contribution in [0.15, 0.2) is 36.7 Å². The van der Waals surface area contributed by atoms with Crippen molar-refractivity contribution < 1.29 is 4.92 Å². The number of pyridine rings is 1. The molecular weight excluding hydrogens is 464 g/mol. The Hall–Kier alpha value is -4.25. The number of rotatable bonds is 4. The van der Waals surface area contributed by atoms with Gasteiger partial charge in [0, 0.05) is 16.6 Å². The number of nitro groups is 1. The molecule has 0 saturated heterocycles. The van der Waals surface area contributed by atoms with E-state index in [2.05, 4.69) is 33.2 Å². The van der Waals surface area contributed by atoms with Gasteiger partial charge in [-0.1, -0.05) is 24.3 Å². The van der Waals surface area contributed by atoms with Crippen molar-refractivity contribution >= 4 is 43.1 Å². The molecule has 6 rings (SSSR count). The first-order valence-corrected chi connectivity index (χ1v) is 11.8. The molecule has 0 N–H and O–H groups in total. The highest BCUT2D eigenvalue weighted by molar-refractivity contribution is 7.26. The summed E-state index contributed by atoms with van der Waals surface area (Å²) in [5, 5.41) is 21.3. The molecule has 0 amide bonds. The molecule has 0 fully saturated rings. The van der Waals surface area contributed by atoms with E-state index in [-0.39, 0.29) is 10.6 Å². The summed E-state index contributed by atoms with van der Waals surface area (Å²) in [5.41, 5.74) is 6.66. The van der Waals surface area contributed by atoms with Crippen LogP contribution in [0.2, 0.25) is 0 Å². The Morgan fingerprint density at radius 1 is 1.06 bits per heavy atom. The topological polar surface area (TPSA) is 117 Å². The molecule has 10 nitrogen and oxygen atoms in total. The molecule has 0 saturated carbocycles. The average molecular weight is 485 g/mol. The van der Waals surface area contributed by atoms with Crippen LogP contribution in [0.1, 0.15) is 28.2 Å². The molecule has 1 aromatic carbocycles. The summed E-state index contributed by atoms with van der Waals surface area (Å²) in [6.07, 6.45) is 1.70. The third-order valence-electron chi connectivity index (χ3n) is 6.16. The lowest BCUT2D eigenvalue weighted by molar-refractivity contribution is -0.386. The van der Waals surface area contributed by atoms with Gasteiger partial charge in [-0.2, -0.15) is 5.10 Å². The first-order chi connectivity index (χ1) is 16.8. The lowest BCUT2D eigenvalue weighted by Crippen LogP contribution is -2.04. The Balaban J connectivity index is 1.36. The van der Waals surface area contributed by atoms with Gasteiger partial charge in [0.05, 0.1) is 17.0 Å². The highest BCUT2D eigenvalue weighted by Crippen LogP contribution is 2.36. The van der Waals surface area contributed by atoms with Crippen molar-refractivity contribution in [2.24, 2.45) is 0 Å². The molecule has 0 radical (unpaired) electrons. The SMILES string of the molecule is Cc1cc(C)c2c(n1)sc1c2ncn2nc(-c3ccc(Cn4nc(C)c([N+](=O)[O-])c4C)cc3)nc12. The molecule has 0 aliphatic rings. The minimum atomic E-state index is -0.382. The van der Waals surface area contributed by atoms with E-state index in [1.807, 2.05) is 31.2 Å². The lowest BCUT2D eigenvalue weighted by atomic mass is 10.1. The molecule has 5 heterocycles. The number of aryl methyl sites for hydroxylation is 3. The van der Waals surface area contributed by atoms with Gasteiger partial charge in [-0.3, -0.25) is 14.8 Å². The second kappa shape index (κ2) is 7.64. The van der Waals surface area contributed by atoms with Crippen LogP contribution in [0.4, 0.5) is 5.69 Å². The minimum Gasteiger partial charge on any atom is -0.258 e. The van der Waals surface area contributed by atoms with Gasteiger partial charge in [0.15, 0.2) is 11.5 Å². The summed E-state index contributed by atoms with van der Waals surface area (Å²) in [6, 6.07) is 9.91. The first-order valence-electron chi connectivity index (χ1n) is 11.0. The van der Waals surface area contributed by atoms with Crippen LogP contribution in [-0.4, -0.2) is 39.3 Å². The highest BCUT2D eigenvalue weighted by atomic mass is 32.1. The van der Waals surface area contributed by atoms with Gasteiger partial charge < -0.3 is 0 Å². The van der Waals surface area contributed by atoms with E-state index in [9.17, 15) is 10.1 Å². The second-order valence-electron chi connectivity index (χ2n) is 8.62. The molecule has 0 spiro atoms. The normalized spacial score (nSPS) is 11.8. The quantitative estimate of drug-likeness (QED) is 0.257. The third-order valence-corrected chi connectivity index (χ3v) is 7.23. The summed E-state index contributed by atoms with van der Waals surface area (Å²) in [5.74, 6) is 0.603. The summed E-state index contributed by atoms with van der Waals surface area (Å²) in [6.45, 7) is 7.89. The molecule has 35 heavy (non-hydrogen) atoms. The fraction of sp³-hybridized carbons (Fsp3) is 0.208. The van der Waals surface area contributed by atoms with Crippen molar-refractivity contribution in [2.45, 2.75) is 34.2 Å². The summed E-state index contributed by atoms with van der Waals surface area (Å²) >= 11 is 1.58. The first kappa shape index (κ1) is 21.3. The molecule has 0 aliphatic carbocycles. The average Bonchev–Trinajstić information content (AvgIpc) is 3.47. The largest absolute Gasteiger partial charge is 0.312 e. The van der Waals surface area contributed by atoms with Gasteiger partial charge in [-0.15, -0.1) is 16.4 Å². The van der Waals surface area contributed by atoms with E-state index in [1.165, 1.54) is 0 Å². The van der Waals surface area contributed by atoms with Gasteiger partial charge in [0.25, 0.3) is 0 Å². The number of nitrogens with zero attached hydrogens (tertiary/aromatic N) is 8. The van der Waals surface area contributed by atoms with Crippen LogP contribution in [0, 0.1) is 37.8 Å². The zero-order valence-electron chi connectivity index (χ0n) is 19.5.